The molecule has 7 heteroatoms. The van der Waals surface area contributed by atoms with Crippen molar-refractivity contribution in [1.29, 1.82) is 0 Å². The van der Waals surface area contributed by atoms with Crippen LogP contribution in [0, 0.1) is 0 Å². The van der Waals surface area contributed by atoms with Crippen molar-refractivity contribution >= 4 is 23.0 Å². The van der Waals surface area contributed by atoms with Gasteiger partial charge in [0.25, 0.3) is 5.91 Å². The van der Waals surface area contributed by atoms with Gasteiger partial charge in [0.05, 0.1) is 17.6 Å². The van der Waals surface area contributed by atoms with Gasteiger partial charge in [-0.15, -0.1) is 0 Å². The number of ether oxygens (including phenoxy) is 1. The van der Waals surface area contributed by atoms with Gasteiger partial charge in [-0.05, 0) is 38.0 Å². The van der Waals surface area contributed by atoms with Gasteiger partial charge in [0.1, 0.15) is 5.69 Å². The van der Waals surface area contributed by atoms with Gasteiger partial charge in [-0.3, -0.25) is 9.78 Å². The first-order valence-corrected chi connectivity index (χ1v) is 7.83. The van der Waals surface area contributed by atoms with E-state index in [2.05, 4.69) is 15.3 Å². The van der Waals surface area contributed by atoms with E-state index in [4.69, 9.17) is 4.74 Å². The zero-order chi connectivity index (χ0) is 16.2. The highest BCUT2D eigenvalue weighted by Crippen LogP contribution is 2.15. The number of fused-ring (bicyclic) bond motifs is 1. The summed E-state index contributed by atoms with van der Waals surface area (Å²) in [7, 11) is 0. The summed E-state index contributed by atoms with van der Waals surface area (Å²) < 4.78 is 4.99. The minimum absolute atomic E-state index is 0.0625. The van der Waals surface area contributed by atoms with Crippen molar-refractivity contribution in [2.24, 2.45) is 0 Å². The number of nitrogens with zero attached hydrogens (tertiary/aromatic N) is 2. The molecule has 0 radical (unpaired) electrons. The van der Waals surface area contributed by atoms with Crippen molar-refractivity contribution in [1.82, 2.24) is 20.2 Å². The van der Waals surface area contributed by atoms with Gasteiger partial charge in [-0.2, -0.15) is 0 Å². The lowest BCUT2D eigenvalue weighted by Crippen LogP contribution is -2.46. The Hall–Kier alpha value is -2.57. The van der Waals surface area contributed by atoms with E-state index in [1.165, 1.54) is 0 Å². The minimum Gasteiger partial charge on any atom is -0.450 e. The molecule has 1 fully saturated rings. The molecule has 1 saturated heterocycles. The van der Waals surface area contributed by atoms with Crippen LogP contribution in [0.3, 0.4) is 0 Å². The van der Waals surface area contributed by atoms with Crippen molar-refractivity contribution in [3.8, 4) is 0 Å². The summed E-state index contributed by atoms with van der Waals surface area (Å²) in [4.78, 5) is 32.9. The number of aromatic nitrogens is 2. The molecule has 0 unspecified atom stereocenters. The van der Waals surface area contributed by atoms with Crippen molar-refractivity contribution in [2.45, 2.75) is 25.8 Å². The molecule has 2 aromatic rings. The second-order valence-corrected chi connectivity index (χ2v) is 5.55. The van der Waals surface area contributed by atoms with Crippen LogP contribution in [0.25, 0.3) is 11.0 Å². The number of hydrogen-bond acceptors (Lipinski definition) is 4. The Labute approximate surface area is 134 Å². The maximum Gasteiger partial charge on any atom is 0.409 e. The molecule has 2 aromatic heterocycles. The molecule has 1 aliphatic rings. The topological polar surface area (TPSA) is 87.3 Å². The van der Waals surface area contributed by atoms with E-state index in [1.54, 1.807) is 24.1 Å². The third-order valence-corrected chi connectivity index (χ3v) is 3.99. The van der Waals surface area contributed by atoms with E-state index in [0.717, 1.165) is 23.9 Å². The van der Waals surface area contributed by atoms with E-state index in [-0.39, 0.29) is 18.0 Å². The first-order chi connectivity index (χ1) is 11.2. The number of carbonyl (C=O) groups excluding carboxylic acids is 2. The van der Waals surface area contributed by atoms with E-state index >= 15 is 0 Å². The minimum atomic E-state index is -0.279. The SMILES string of the molecule is CCOC(=O)N1CCC(NC(=O)c2cc3ncccc3[nH]2)CC1. The van der Waals surface area contributed by atoms with Crippen LogP contribution in [0.2, 0.25) is 0 Å². The van der Waals surface area contributed by atoms with Crippen LogP contribution < -0.4 is 5.32 Å². The van der Waals surface area contributed by atoms with Crippen LogP contribution in [0.1, 0.15) is 30.3 Å². The van der Waals surface area contributed by atoms with Crippen LogP contribution in [0.15, 0.2) is 24.4 Å². The fraction of sp³-hybridized carbons (Fsp3) is 0.438. The van der Waals surface area contributed by atoms with Crippen LogP contribution in [0.4, 0.5) is 4.79 Å². The smallest absolute Gasteiger partial charge is 0.409 e. The number of rotatable bonds is 3. The van der Waals surface area contributed by atoms with Gasteiger partial charge < -0.3 is 19.9 Å². The summed E-state index contributed by atoms with van der Waals surface area (Å²) in [6.45, 7) is 3.36. The third kappa shape index (κ3) is 3.44. The summed E-state index contributed by atoms with van der Waals surface area (Å²) in [5, 5.41) is 3.01. The highest BCUT2D eigenvalue weighted by atomic mass is 16.6. The van der Waals surface area contributed by atoms with Crippen LogP contribution in [-0.4, -0.2) is 52.6 Å². The molecule has 122 valence electrons. The average molecular weight is 316 g/mol. The maximum absolute atomic E-state index is 12.3. The van der Waals surface area contributed by atoms with Gasteiger partial charge in [0, 0.05) is 25.3 Å². The number of H-pyrrole nitrogens is 1. The third-order valence-electron chi connectivity index (χ3n) is 3.99. The maximum atomic E-state index is 12.3. The Kier molecular flexibility index (Phi) is 4.45. The Bertz CT molecular complexity index is 671. The number of carbonyl (C=O) groups is 2. The molecule has 0 aromatic carbocycles. The molecule has 0 atom stereocenters. The Morgan fingerprint density at radius 3 is 2.91 bits per heavy atom. The molecule has 23 heavy (non-hydrogen) atoms. The molecule has 3 heterocycles. The van der Waals surface area contributed by atoms with Gasteiger partial charge in [-0.25, -0.2) is 4.79 Å². The normalized spacial score (nSPS) is 15.6. The molecule has 2 amide bonds. The number of hydrogen-bond donors (Lipinski definition) is 2. The monoisotopic (exact) mass is 316 g/mol. The molecule has 0 aliphatic carbocycles. The second kappa shape index (κ2) is 6.68. The number of aromatic amines is 1. The molecular formula is C16H20N4O3. The summed E-state index contributed by atoms with van der Waals surface area (Å²) >= 11 is 0. The van der Waals surface area contributed by atoms with Crippen molar-refractivity contribution in [3.05, 3.63) is 30.1 Å². The van der Waals surface area contributed by atoms with Gasteiger partial charge >= 0.3 is 6.09 Å². The predicted octanol–water partition coefficient (Wildman–Crippen LogP) is 1.91. The fourth-order valence-electron chi connectivity index (χ4n) is 2.76. The van der Waals surface area contributed by atoms with Crippen molar-refractivity contribution in [3.63, 3.8) is 0 Å². The number of nitrogens with one attached hydrogen (secondary N) is 2. The highest BCUT2D eigenvalue weighted by Gasteiger charge is 2.25. The zero-order valence-electron chi connectivity index (χ0n) is 13.0. The molecule has 0 saturated carbocycles. The Morgan fingerprint density at radius 1 is 1.43 bits per heavy atom. The molecule has 2 N–H and O–H groups in total. The quantitative estimate of drug-likeness (QED) is 0.905. The van der Waals surface area contributed by atoms with Gasteiger partial charge in [-0.1, -0.05) is 0 Å². The van der Waals surface area contributed by atoms with Crippen molar-refractivity contribution in [2.75, 3.05) is 19.7 Å². The van der Waals surface area contributed by atoms with E-state index in [1.807, 2.05) is 12.1 Å². The molecule has 7 nitrogen and oxygen atoms in total. The van der Waals surface area contributed by atoms with E-state index < -0.39 is 0 Å². The number of amides is 2. The largest absolute Gasteiger partial charge is 0.450 e. The Morgan fingerprint density at radius 2 is 2.22 bits per heavy atom. The van der Waals surface area contributed by atoms with Gasteiger partial charge in [0.2, 0.25) is 0 Å². The standard InChI is InChI=1S/C16H20N4O3/c1-2-23-16(22)20-8-5-11(6-9-20)18-15(21)14-10-13-12(19-14)4-3-7-17-13/h3-4,7,10-11,19H,2,5-6,8-9H2,1H3,(H,18,21). The predicted molar refractivity (Wildman–Crippen MR) is 85.2 cm³/mol. The summed E-state index contributed by atoms with van der Waals surface area (Å²) in [5.74, 6) is -0.141. The summed E-state index contributed by atoms with van der Waals surface area (Å²) in [6.07, 6.45) is 2.87. The molecule has 1 aliphatic heterocycles. The molecular weight excluding hydrogens is 296 g/mol. The summed E-state index contributed by atoms with van der Waals surface area (Å²) in [5.41, 5.74) is 2.12. The first-order valence-electron chi connectivity index (χ1n) is 7.83. The van der Waals surface area contributed by atoms with Crippen LogP contribution >= 0.6 is 0 Å². The summed E-state index contributed by atoms with van der Waals surface area (Å²) in [6, 6.07) is 5.52. The number of pyridine rings is 1. The molecule has 0 bridgehead atoms. The van der Waals surface area contributed by atoms with Crippen molar-refractivity contribution < 1.29 is 14.3 Å². The van der Waals surface area contributed by atoms with E-state index in [9.17, 15) is 9.59 Å². The molecule has 3 rings (SSSR count). The van der Waals surface area contributed by atoms with Crippen LogP contribution in [-0.2, 0) is 4.74 Å². The number of piperidine rings is 1. The number of likely N-dealkylation sites (tertiary alicyclic amines) is 1. The fourth-order valence-corrected chi connectivity index (χ4v) is 2.76. The average Bonchev–Trinajstić information content (AvgIpc) is 3.00. The van der Waals surface area contributed by atoms with Gasteiger partial charge in [0.15, 0.2) is 0 Å². The lowest BCUT2D eigenvalue weighted by atomic mass is 10.1. The van der Waals surface area contributed by atoms with Crippen LogP contribution in [0.5, 0.6) is 0 Å². The lowest BCUT2D eigenvalue weighted by molar-refractivity contribution is 0.0857. The lowest BCUT2D eigenvalue weighted by Gasteiger charge is -2.31. The molecule has 0 spiro atoms. The van der Waals surface area contributed by atoms with E-state index in [0.29, 0.717) is 25.4 Å². The first kappa shape index (κ1) is 15.3. The highest BCUT2D eigenvalue weighted by molar-refractivity contribution is 5.97. The Balaban J connectivity index is 1.56. The second-order valence-electron chi connectivity index (χ2n) is 5.55. The zero-order valence-corrected chi connectivity index (χ0v) is 13.0.